The number of hydrogen-bond donors (Lipinski definition) is 4. The zero-order valence-corrected chi connectivity index (χ0v) is 16.0. The van der Waals surface area contributed by atoms with Gasteiger partial charge < -0.3 is 25.8 Å². The molecule has 152 valence electrons. The van der Waals surface area contributed by atoms with Gasteiger partial charge in [-0.05, 0) is 35.4 Å². The average molecular weight is 395 g/mol. The van der Waals surface area contributed by atoms with E-state index < -0.39 is 0 Å². The number of ether oxygens (including phenoxy) is 1. The highest BCUT2D eigenvalue weighted by atomic mass is 16.5. The highest BCUT2D eigenvalue weighted by Crippen LogP contribution is 2.21. The number of carbonyl (C=O) groups excluding carboxylic acids is 1. The van der Waals surface area contributed by atoms with E-state index in [-0.39, 0.29) is 19.2 Å². The number of urea groups is 1. The summed E-state index contributed by atoms with van der Waals surface area (Å²) < 4.78 is 5.54. The maximum absolute atomic E-state index is 12.7. The second kappa shape index (κ2) is 10.3. The first-order valence-corrected chi connectivity index (χ1v) is 9.37. The van der Waals surface area contributed by atoms with Crippen LogP contribution in [0.1, 0.15) is 5.56 Å². The largest absolute Gasteiger partial charge is 0.492 e. The molecule has 0 fully saturated rings. The van der Waals surface area contributed by atoms with Gasteiger partial charge >= 0.3 is 6.03 Å². The van der Waals surface area contributed by atoms with Gasteiger partial charge in [-0.15, -0.1) is 0 Å². The fraction of sp³-hybridized carbons (Fsp3) is 0.238. The molecule has 1 aromatic heterocycles. The van der Waals surface area contributed by atoms with Crippen molar-refractivity contribution < 1.29 is 14.6 Å². The molecule has 0 aliphatic heterocycles. The SMILES string of the molecule is NCCOc1cccc(CN(CCO)C(=O)Nc2ccc(-c3cn[nH]c3)cc2)c1. The van der Waals surface area contributed by atoms with Crippen LogP contribution in [0.5, 0.6) is 5.75 Å². The van der Waals surface area contributed by atoms with Crippen LogP contribution in [0.25, 0.3) is 11.1 Å². The van der Waals surface area contributed by atoms with Crippen molar-refractivity contribution in [1.29, 1.82) is 0 Å². The highest BCUT2D eigenvalue weighted by Gasteiger charge is 2.14. The Balaban J connectivity index is 1.65. The summed E-state index contributed by atoms with van der Waals surface area (Å²) in [6.07, 6.45) is 3.55. The number of carbonyl (C=O) groups is 1. The number of nitrogens with two attached hydrogens (primary N) is 1. The summed E-state index contributed by atoms with van der Waals surface area (Å²) in [5.74, 6) is 0.701. The Morgan fingerprint density at radius 1 is 1.21 bits per heavy atom. The fourth-order valence-corrected chi connectivity index (χ4v) is 2.86. The molecule has 0 radical (unpaired) electrons. The number of aromatic nitrogens is 2. The van der Waals surface area contributed by atoms with Gasteiger partial charge in [-0.1, -0.05) is 24.3 Å². The summed E-state index contributed by atoms with van der Waals surface area (Å²) in [5.41, 5.74) is 9.01. The topological polar surface area (TPSA) is 116 Å². The zero-order valence-electron chi connectivity index (χ0n) is 16.0. The normalized spacial score (nSPS) is 10.6. The Hall–Kier alpha value is -3.36. The van der Waals surface area contributed by atoms with Crippen molar-refractivity contribution in [2.75, 3.05) is 31.6 Å². The van der Waals surface area contributed by atoms with Crippen LogP contribution in [0.4, 0.5) is 10.5 Å². The number of anilines is 1. The molecule has 0 saturated carbocycles. The molecule has 0 saturated heterocycles. The summed E-state index contributed by atoms with van der Waals surface area (Å²) >= 11 is 0. The number of aromatic amines is 1. The lowest BCUT2D eigenvalue weighted by Gasteiger charge is -2.22. The van der Waals surface area contributed by atoms with Crippen molar-refractivity contribution in [3.8, 4) is 16.9 Å². The Bertz CT molecular complexity index is 897. The number of nitrogens with zero attached hydrogens (tertiary/aromatic N) is 2. The van der Waals surface area contributed by atoms with Gasteiger partial charge in [-0.3, -0.25) is 5.10 Å². The number of amides is 2. The minimum absolute atomic E-state index is 0.129. The monoisotopic (exact) mass is 395 g/mol. The third kappa shape index (κ3) is 5.81. The number of hydrogen-bond acceptors (Lipinski definition) is 5. The first-order chi connectivity index (χ1) is 14.2. The highest BCUT2D eigenvalue weighted by molar-refractivity contribution is 5.89. The number of benzene rings is 2. The van der Waals surface area contributed by atoms with Gasteiger partial charge in [0.05, 0.1) is 12.8 Å². The molecule has 0 atom stereocenters. The third-order valence-corrected chi connectivity index (χ3v) is 4.28. The molecule has 3 aromatic rings. The van der Waals surface area contributed by atoms with Gasteiger partial charge in [0.15, 0.2) is 0 Å². The lowest BCUT2D eigenvalue weighted by molar-refractivity contribution is 0.185. The smallest absolute Gasteiger partial charge is 0.322 e. The average Bonchev–Trinajstić information content (AvgIpc) is 3.28. The van der Waals surface area contributed by atoms with Crippen molar-refractivity contribution in [3.63, 3.8) is 0 Å². The van der Waals surface area contributed by atoms with Crippen LogP contribution < -0.4 is 15.8 Å². The minimum Gasteiger partial charge on any atom is -0.492 e. The first kappa shape index (κ1) is 20.4. The predicted octanol–water partition coefficient (Wildman–Crippen LogP) is 2.44. The second-order valence-electron chi connectivity index (χ2n) is 6.42. The van der Waals surface area contributed by atoms with Gasteiger partial charge in [0.1, 0.15) is 12.4 Å². The molecular weight excluding hydrogens is 370 g/mol. The molecule has 29 heavy (non-hydrogen) atoms. The Labute approximate surface area is 169 Å². The van der Waals surface area contributed by atoms with Crippen LogP contribution in [0.15, 0.2) is 60.9 Å². The number of rotatable bonds is 9. The van der Waals surface area contributed by atoms with E-state index >= 15 is 0 Å². The molecule has 8 nitrogen and oxygen atoms in total. The van der Waals surface area contributed by atoms with Gasteiger partial charge in [-0.25, -0.2) is 4.79 Å². The van der Waals surface area contributed by atoms with Gasteiger partial charge in [0, 0.05) is 37.1 Å². The lowest BCUT2D eigenvalue weighted by Crippen LogP contribution is -2.36. The maximum Gasteiger partial charge on any atom is 0.322 e. The van der Waals surface area contributed by atoms with Gasteiger partial charge in [0.25, 0.3) is 0 Å². The van der Waals surface area contributed by atoms with Gasteiger partial charge in [-0.2, -0.15) is 5.10 Å². The predicted molar refractivity (Wildman–Crippen MR) is 112 cm³/mol. The summed E-state index contributed by atoms with van der Waals surface area (Å²) in [4.78, 5) is 14.3. The van der Waals surface area contributed by atoms with E-state index in [9.17, 15) is 9.90 Å². The van der Waals surface area contributed by atoms with Crippen LogP contribution >= 0.6 is 0 Å². The number of H-pyrrole nitrogens is 1. The van der Waals surface area contributed by atoms with E-state index in [1.54, 1.807) is 11.1 Å². The Morgan fingerprint density at radius 2 is 2.03 bits per heavy atom. The van der Waals surface area contributed by atoms with Crippen molar-refractivity contribution in [1.82, 2.24) is 15.1 Å². The summed E-state index contributed by atoms with van der Waals surface area (Å²) in [7, 11) is 0. The quantitative estimate of drug-likeness (QED) is 0.444. The molecule has 0 unspecified atom stereocenters. The summed E-state index contributed by atoms with van der Waals surface area (Å²) in [6.45, 7) is 1.30. The van der Waals surface area contributed by atoms with Crippen LogP contribution in [-0.2, 0) is 6.54 Å². The molecule has 5 N–H and O–H groups in total. The molecule has 8 heteroatoms. The molecule has 2 aromatic carbocycles. The number of nitrogens with one attached hydrogen (secondary N) is 2. The Kier molecular flexibility index (Phi) is 7.21. The number of aliphatic hydroxyl groups is 1. The van der Waals surface area contributed by atoms with E-state index in [4.69, 9.17) is 10.5 Å². The molecule has 2 amide bonds. The van der Waals surface area contributed by atoms with Crippen molar-refractivity contribution >= 4 is 11.7 Å². The van der Waals surface area contributed by atoms with Crippen LogP contribution in [-0.4, -0.2) is 52.5 Å². The van der Waals surface area contributed by atoms with E-state index in [0.29, 0.717) is 31.1 Å². The van der Waals surface area contributed by atoms with Crippen LogP contribution in [0.2, 0.25) is 0 Å². The summed E-state index contributed by atoms with van der Waals surface area (Å²) in [6, 6.07) is 14.7. The third-order valence-electron chi connectivity index (χ3n) is 4.28. The van der Waals surface area contributed by atoms with Crippen molar-refractivity contribution in [2.24, 2.45) is 5.73 Å². The lowest BCUT2D eigenvalue weighted by atomic mass is 10.1. The second-order valence-corrected chi connectivity index (χ2v) is 6.42. The molecule has 1 heterocycles. The maximum atomic E-state index is 12.7. The van der Waals surface area contributed by atoms with Gasteiger partial charge in [0.2, 0.25) is 0 Å². The molecule has 3 rings (SSSR count). The first-order valence-electron chi connectivity index (χ1n) is 9.37. The van der Waals surface area contributed by atoms with Crippen LogP contribution in [0, 0.1) is 0 Å². The zero-order chi connectivity index (χ0) is 20.5. The van der Waals surface area contributed by atoms with Crippen molar-refractivity contribution in [3.05, 3.63) is 66.5 Å². The minimum atomic E-state index is -0.289. The molecular formula is C21H25N5O3. The van der Waals surface area contributed by atoms with E-state index in [0.717, 1.165) is 16.7 Å². The Morgan fingerprint density at radius 3 is 2.72 bits per heavy atom. The molecule has 0 aliphatic rings. The van der Waals surface area contributed by atoms with E-state index in [1.807, 2.05) is 54.7 Å². The fourth-order valence-electron chi connectivity index (χ4n) is 2.86. The standard InChI is InChI=1S/C21H25N5O3/c22-8-11-29-20-3-1-2-16(12-20)15-26(9-10-27)21(28)25-19-6-4-17(5-7-19)18-13-23-24-14-18/h1-7,12-14,27H,8-11,15,22H2,(H,23,24)(H,25,28). The van der Waals surface area contributed by atoms with Crippen LogP contribution in [0.3, 0.4) is 0 Å². The van der Waals surface area contributed by atoms with Crippen molar-refractivity contribution in [2.45, 2.75) is 6.54 Å². The number of aliphatic hydroxyl groups excluding tert-OH is 1. The molecule has 0 aliphatic carbocycles. The molecule has 0 spiro atoms. The molecule has 0 bridgehead atoms. The summed E-state index contributed by atoms with van der Waals surface area (Å²) in [5, 5.41) is 19.0. The van der Waals surface area contributed by atoms with E-state index in [2.05, 4.69) is 15.5 Å². The van der Waals surface area contributed by atoms with E-state index in [1.165, 1.54) is 0 Å².